The summed E-state index contributed by atoms with van der Waals surface area (Å²) in [6.45, 7) is 2.22. The van der Waals surface area contributed by atoms with Crippen LogP contribution in [0.2, 0.25) is 0 Å². The highest BCUT2D eigenvalue weighted by atomic mass is 79.9. The molecule has 0 radical (unpaired) electrons. The third-order valence-electron chi connectivity index (χ3n) is 2.24. The van der Waals surface area contributed by atoms with Gasteiger partial charge in [0, 0.05) is 23.8 Å². The van der Waals surface area contributed by atoms with Crippen molar-refractivity contribution in [2.45, 2.75) is 37.4 Å². The van der Waals surface area contributed by atoms with E-state index in [9.17, 15) is 0 Å². The van der Waals surface area contributed by atoms with Crippen molar-refractivity contribution in [3.8, 4) is 0 Å². The van der Waals surface area contributed by atoms with Crippen molar-refractivity contribution in [3.63, 3.8) is 0 Å². The van der Waals surface area contributed by atoms with Crippen molar-refractivity contribution in [2.75, 3.05) is 0 Å². The van der Waals surface area contributed by atoms with Crippen LogP contribution in [0.1, 0.15) is 31.9 Å². The van der Waals surface area contributed by atoms with Crippen molar-refractivity contribution in [1.82, 2.24) is 9.78 Å². The van der Waals surface area contributed by atoms with Gasteiger partial charge in [0.15, 0.2) is 0 Å². The molecule has 0 amide bonds. The predicted octanol–water partition coefficient (Wildman–Crippen LogP) is 2.92. The Morgan fingerprint density at radius 2 is 2.31 bits per heavy atom. The van der Waals surface area contributed by atoms with Gasteiger partial charge in [-0.25, -0.2) is 0 Å². The van der Waals surface area contributed by atoms with E-state index in [0.717, 1.165) is 6.42 Å². The molecule has 1 unspecified atom stereocenters. The SMILES string of the molecule is CCCC(Br)CCc1ccnn1C. The smallest absolute Gasteiger partial charge is 0.0492 e. The molecule has 0 saturated heterocycles. The van der Waals surface area contributed by atoms with Crippen LogP contribution in [0, 0.1) is 0 Å². The van der Waals surface area contributed by atoms with Gasteiger partial charge >= 0.3 is 0 Å². The van der Waals surface area contributed by atoms with Gasteiger partial charge in [0.1, 0.15) is 0 Å². The minimum absolute atomic E-state index is 0.660. The zero-order valence-electron chi connectivity index (χ0n) is 8.33. The quantitative estimate of drug-likeness (QED) is 0.729. The Labute approximate surface area is 88.5 Å². The van der Waals surface area contributed by atoms with E-state index < -0.39 is 0 Å². The molecule has 0 aliphatic carbocycles. The topological polar surface area (TPSA) is 17.8 Å². The van der Waals surface area contributed by atoms with Gasteiger partial charge in [0.05, 0.1) is 0 Å². The van der Waals surface area contributed by atoms with Crippen LogP contribution in [-0.4, -0.2) is 14.6 Å². The fraction of sp³-hybridized carbons (Fsp3) is 0.700. The molecule has 1 rings (SSSR count). The van der Waals surface area contributed by atoms with Gasteiger partial charge in [-0.2, -0.15) is 5.10 Å². The van der Waals surface area contributed by atoms with Crippen molar-refractivity contribution in [2.24, 2.45) is 7.05 Å². The molecule has 1 aromatic heterocycles. The van der Waals surface area contributed by atoms with Crippen LogP contribution >= 0.6 is 15.9 Å². The number of aromatic nitrogens is 2. The first-order valence-corrected chi connectivity index (χ1v) is 5.76. The number of aryl methyl sites for hydroxylation is 2. The Hall–Kier alpha value is -0.310. The number of rotatable bonds is 5. The number of alkyl halides is 1. The van der Waals surface area contributed by atoms with Crippen molar-refractivity contribution >= 4 is 15.9 Å². The maximum atomic E-state index is 4.14. The minimum Gasteiger partial charge on any atom is -0.273 e. The first-order chi connectivity index (χ1) is 6.24. The van der Waals surface area contributed by atoms with Gasteiger partial charge in [-0.15, -0.1) is 0 Å². The molecule has 0 fully saturated rings. The molecule has 2 nitrogen and oxygen atoms in total. The second-order valence-corrected chi connectivity index (χ2v) is 4.67. The van der Waals surface area contributed by atoms with Gasteiger partial charge in [0.2, 0.25) is 0 Å². The maximum absolute atomic E-state index is 4.14. The predicted molar refractivity (Wildman–Crippen MR) is 59.2 cm³/mol. The van der Waals surface area contributed by atoms with Gasteiger partial charge < -0.3 is 0 Å². The summed E-state index contributed by atoms with van der Waals surface area (Å²) in [7, 11) is 2.00. The summed E-state index contributed by atoms with van der Waals surface area (Å²) in [5.41, 5.74) is 1.32. The lowest BCUT2D eigenvalue weighted by molar-refractivity contribution is 0.647. The Balaban J connectivity index is 2.30. The van der Waals surface area contributed by atoms with E-state index in [1.54, 1.807) is 0 Å². The molecule has 0 N–H and O–H groups in total. The van der Waals surface area contributed by atoms with Crippen molar-refractivity contribution in [1.29, 1.82) is 0 Å². The lowest BCUT2D eigenvalue weighted by Gasteiger charge is -2.07. The second-order valence-electron chi connectivity index (χ2n) is 3.37. The van der Waals surface area contributed by atoms with E-state index in [2.05, 4.69) is 34.0 Å². The molecule has 13 heavy (non-hydrogen) atoms. The lowest BCUT2D eigenvalue weighted by Crippen LogP contribution is -2.03. The van der Waals surface area contributed by atoms with E-state index >= 15 is 0 Å². The Morgan fingerprint density at radius 3 is 2.85 bits per heavy atom. The second kappa shape index (κ2) is 5.43. The van der Waals surface area contributed by atoms with Crippen LogP contribution < -0.4 is 0 Å². The van der Waals surface area contributed by atoms with E-state index in [1.807, 2.05) is 17.9 Å². The Bertz CT molecular complexity index is 245. The lowest BCUT2D eigenvalue weighted by atomic mass is 10.1. The maximum Gasteiger partial charge on any atom is 0.0492 e. The van der Waals surface area contributed by atoms with Crippen LogP contribution in [0.3, 0.4) is 0 Å². The zero-order valence-corrected chi connectivity index (χ0v) is 9.92. The summed E-state index contributed by atoms with van der Waals surface area (Å²) < 4.78 is 1.95. The minimum atomic E-state index is 0.660. The van der Waals surface area contributed by atoms with Gasteiger partial charge in [-0.3, -0.25) is 4.68 Å². The van der Waals surface area contributed by atoms with Crippen LogP contribution in [0.15, 0.2) is 12.3 Å². The molecule has 0 aromatic carbocycles. The summed E-state index contributed by atoms with van der Waals surface area (Å²) in [4.78, 5) is 0.660. The normalized spacial score (nSPS) is 13.2. The summed E-state index contributed by atoms with van der Waals surface area (Å²) in [6.07, 6.45) is 6.69. The van der Waals surface area contributed by atoms with Gasteiger partial charge in [-0.1, -0.05) is 29.3 Å². The van der Waals surface area contributed by atoms with Gasteiger partial charge in [-0.05, 0) is 25.3 Å². The summed E-state index contributed by atoms with van der Waals surface area (Å²) in [5.74, 6) is 0. The summed E-state index contributed by atoms with van der Waals surface area (Å²) >= 11 is 3.68. The van der Waals surface area contributed by atoms with E-state index in [-0.39, 0.29) is 0 Å². The molecule has 0 spiro atoms. The molecular formula is C10H17BrN2. The average molecular weight is 245 g/mol. The first-order valence-electron chi connectivity index (χ1n) is 4.85. The molecule has 0 bridgehead atoms. The van der Waals surface area contributed by atoms with Crippen LogP contribution in [0.4, 0.5) is 0 Å². The van der Waals surface area contributed by atoms with Gasteiger partial charge in [0.25, 0.3) is 0 Å². The van der Waals surface area contributed by atoms with Crippen molar-refractivity contribution < 1.29 is 0 Å². The summed E-state index contributed by atoms with van der Waals surface area (Å²) in [6, 6.07) is 2.09. The molecule has 0 aliphatic rings. The number of hydrogen-bond donors (Lipinski definition) is 0. The highest BCUT2D eigenvalue weighted by molar-refractivity contribution is 9.09. The molecule has 1 heterocycles. The molecule has 0 aliphatic heterocycles. The molecule has 3 heteroatoms. The largest absolute Gasteiger partial charge is 0.273 e. The number of nitrogens with zero attached hydrogens (tertiary/aromatic N) is 2. The highest BCUT2D eigenvalue weighted by Crippen LogP contribution is 2.15. The van der Waals surface area contributed by atoms with E-state index in [4.69, 9.17) is 0 Å². The highest BCUT2D eigenvalue weighted by Gasteiger charge is 2.04. The third-order valence-corrected chi connectivity index (χ3v) is 3.15. The molecule has 1 atom stereocenters. The summed E-state index contributed by atoms with van der Waals surface area (Å²) in [5, 5.41) is 4.14. The molecule has 1 aromatic rings. The first kappa shape index (κ1) is 10.8. The van der Waals surface area contributed by atoms with Crippen LogP contribution in [0.5, 0.6) is 0 Å². The molecule has 0 saturated carbocycles. The average Bonchev–Trinajstić information content (AvgIpc) is 2.48. The fourth-order valence-corrected chi connectivity index (χ4v) is 2.10. The fourth-order valence-electron chi connectivity index (χ4n) is 1.41. The molecule has 74 valence electrons. The number of halogens is 1. The number of hydrogen-bond acceptors (Lipinski definition) is 1. The standard InChI is InChI=1S/C10H17BrN2/c1-3-4-9(11)5-6-10-7-8-12-13(10)2/h7-9H,3-6H2,1-2H3. The Kier molecular flexibility index (Phi) is 4.50. The van der Waals surface area contributed by atoms with Crippen molar-refractivity contribution in [3.05, 3.63) is 18.0 Å². The van der Waals surface area contributed by atoms with Crippen LogP contribution in [-0.2, 0) is 13.5 Å². The molecular weight excluding hydrogens is 228 g/mol. The third kappa shape index (κ3) is 3.51. The van der Waals surface area contributed by atoms with Crippen LogP contribution in [0.25, 0.3) is 0 Å². The Morgan fingerprint density at radius 1 is 1.54 bits per heavy atom. The van der Waals surface area contributed by atoms with E-state index in [0.29, 0.717) is 4.83 Å². The zero-order chi connectivity index (χ0) is 9.68. The monoisotopic (exact) mass is 244 g/mol. The van der Waals surface area contributed by atoms with E-state index in [1.165, 1.54) is 25.0 Å².